The molecular formula is C14H13F3N2O2S. The number of fused-ring (bicyclic) bond motifs is 1. The van der Waals surface area contributed by atoms with Crippen molar-refractivity contribution in [2.24, 2.45) is 11.8 Å². The first-order chi connectivity index (χ1) is 10.3. The van der Waals surface area contributed by atoms with E-state index in [9.17, 15) is 18.0 Å². The van der Waals surface area contributed by atoms with Crippen LogP contribution in [0.15, 0.2) is 18.2 Å². The quantitative estimate of drug-likeness (QED) is 0.927. The number of nitrogens with one attached hydrogen (secondary N) is 1. The minimum atomic E-state index is -4.37. The third-order valence-corrected chi connectivity index (χ3v) is 4.37. The van der Waals surface area contributed by atoms with E-state index in [4.69, 9.17) is 4.74 Å². The molecule has 1 aromatic heterocycles. The van der Waals surface area contributed by atoms with E-state index in [0.29, 0.717) is 21.3 Å². The van der Waals surface area contributed by atoms with Crippen molar-refractivity contribution in [3.05, 3.63) is 18.2 Å². The van der Waals surface area contributed by atoms with Crippen LogP contribution in [0.4, 0.5) is 18.3 Å². The van der Waals surface area contributed by atoms with Gasteiger partial charge in [0.15, 0.2) is 11.7 Å². The summed E-state index contributed by atoms with van der Waals surface area (Å²) in [6, 6.07) is 4.50. The lowest BCUT2D eigenvalue weighted by molar-refractivity contribution is -0.153. The van der Waals surface area contributed by atoms with Crippen LogP contribution in [0.5, 0.6) is 5.75 Å². The minimum absolute atomic E-state index is 0.0395. The summed E-state index contributed by atoms with van der Waals surface area (Å²) in [6.45, 7) is 0.674. The molecule has 1 fully saturated rings. The van der Waals surface area contributed by atoms with Crippen LogP contribution >= 0.6 is 11.3 Å². The molecule has 1 heterocycles. The number of hydrogen-bond donors (Lipinski definition) is 1. The fourth-order valence-electron chi connectivity index (χ4n) is 2.10. The lowest BCUT2D eigenvalue weighted by Crippen LogP contribution is -2.19. The third kappa shape index (κ3) is 3.49. The SMILES string of the molecule is C[C@@H]1C[C@H]1C(=O)Nc1nc2ccc(OCC(F)(F)F)cc2s1. The van der Waals surface area contributed by atoms with Crippen LogP contribution < -0.4 is 10.1 Å². The van der Waals surface area contributed by atoms with E-state index in [1.807, 2.05) is 6.92 Å². The maximum atomic E-state index is 12.1. The summed E-state index contributed by atoms with van der Waals surface area (Å²) in [7, 11) is 0. The molecule has 1 saturated carbocycles. The second-order valence-corrected chi connectivity index (χ2v) is 6.39. The van der Waals surface area contributed by atoms with Gasteiger partial charge >= 0.3 is 6.18 Å². The van der Waals surface area contributed by atoms with Gasteiger partial charge in [-0.25, -0.2) is 4.98 Å². The summed E-state index contributed by atoms with van der Waals surface area (Å²) in [5.74, 6) is 0.511. The molecule has 118 valence electrons. The smallest absolute Gasteiger partial charge is 0.422 e. The van der Waals surface area contributed by atoms with Gasteiger partial charge in [0, 0.05) is 5.92 Å². The van der Waals surface area contributed by atoms with Gasteiger partial charge in [-0.05, 0) is 30.5 Å². The lowest BCUT2D eigenvalue weighted by atomic mass is 10.3. The Bertz CT molecular complexity index is 714. The number of carbonyl (C=O) groups excluding carboxylic acids is 1. The zero-order valence-electron chi connectivity index (χ0n) is 11.6. The van der Waals surface area contributed by atoms with E-state index >= 15 is 0 Å². The second-order valence-electron chi connectivity index (χ2n) is 5.36. The summed E-state index contributed by atoms with van der Waals surface area (Å²) in [5, 5.41) is 3.20. The molecule has 1 aliphatic rings. The van der Waals surface area contributed by atoms with E-state index < -0.39 is 12.8 Å². The molecule has 0 bridgehead atoms. The second kappa shape index (κ2) is 5.42. The average molecular weight is 330 g/mol. The molecule has 2 aromatic rings. The number of amides is 1. The fraction of sp³-hybridized carbons (Fsp3) is 0.429. The highest BCUT2D eigenvalue weighted by molar-refractivity contribution is 7.22. The molecule has 8 heteroatoms. The molecule has 0 spiro atoms. The monoisotopic (exact) mass is 330 g/mol. The third-order valence-electron chi connectivity index (χ3n) is 3.44. The number of ether oxygens (including phenoxy) is 1. The van der Waals surface area contributed by atoms with Crippen LogP contribution in [-0.2, 0) is 4.79 Å². The van der Waals surface area contributed by atoms with Gasteiger partial charge in [-0.3, -0.25) is 4.79 Å². The van der Waals surface area contributed by atoms with Gasteiger partial charge in [-0.1, -0.05) is 18.3 Å². The van der Waals surface area contributed by atoms with Gasteiger partial charge in [-0.15, -0.1) is 0 Å². The number of thiazole rings is 1. The zero-order valence-corrected chi connectivity index (χ0v) is 12.4. The summed E-state index contributed by atoms with van der Waals surface area (Å²) >= 11 is 1.22. The van der Waals surface area contributed by atoms with Crippen molar-refractivity contribution < 1.29 is 22.7 Å². The molecule has 0 unspecified atom stereocenters. The van der Waals surface area contributed by atoms with Crippen molar-refractivity contribution in [2.75, 3.05) is 11.9 Å². The first kappa shape index (κ1) is 15.1. The first-order valence-electron chi connectivity index (χ1n) is 6.73. The van der Waals surface area contributed by atoms with Crippen molar-refractivity contribution in [1.29, 1.82) is 0 Å². The fourth-order valence-corrected chi connectivity index (χ4v) is 3.00. The Morgan fingerprint density at radius 3 is 2.86 bits per heavy atom. The van der Waals surface area contributed by atoms with Crippen LogP contribution in [-0.4, -0.2) is 23.7 Å². The topological polar surface area (TPSA) is 51.2 Å². The van der Waals surface area contributed by atoms with Crippen LogP contribution in [0, 0.1) is 11.8 Å². The van der Waals surface area contributed by atoms with Crippen molar-refractivity contribution in [3.8, 4) is 5.75 Å². The van der Waals surface area contributed by atoms with Crippen LogP contribution in [0.1, 0.15) is 13.3 Å². The summed E-state index contributed by atoms with van der Waals surface area (Å²) < 4.78 is 41.8. The van der Waals surface area contributed by atoms with Crippen LogP contribution in [0.2, 0.25) is 0 Å². The van der Waals surface area contributed by atoms with Gasteiger partial charge < -0.3 is 10.1 Å². The molecule has 1 aromatic carbocycles. The number of aromatic nitrogens is 1. The Labute approximate surface area is 128 Å². The Kier molecular flexibility index (Phi) is 3.72. The maximum Gasteiger partial charge on any atom is 0.422 e. The minimum Gasteiger partial charge on any atom is -0.484 e. The Morgan fingerprint density at radius 2 is 2.23 bits per heavy atom. The Hall–Kier alpha value is -1.83. The highest BCUT2D eigenvalue weighted by Gasteiger charge is 2.39. The molecule has 1 aliphatic carbocycles. The number of nitrogens with zero attached hydrogens (tertiary/aromatic N) is 1. The van der Waals surface area contributed by atoms with Crippen molar-refractivity contribution in [1.82, 2.24) is 4.98 Å². The molecule has 0 saturated heterocycles. The standard InChI is InChI=1S/C14H13F3N2O2S/c1-7-4-9(7)12(20)19-13-18-10-3-2-8(5-11(10)22-13)21-6-14(15,16)17/h2-3,5,7,9H,4,6H2,1H3,(H,18,19,20)/t7-,9-/m1/s1. The van der Waals surface area contributed by atoms with Gasteiger partial charge in [0.1, 0.15) is 5.75 Å². The molecule has 1 N–H and O–H groups in total. The summed E-state index contributed by atoms with van der Waals surface area (Å²) in [5.41, 5.74) is 0.614. The molecule has 2 atom stereocenters. The van der Waals surface area contributed by atoms with Gasteiger partial charge in [-0.2, -0.15) is 13.2 Å². The Balaban J connectivity index is 1.71. The molecule has 22 heavy (non-hydrogen) atoms. The number of hydrogen-bond acceptors (Lipinski definition) is 4. The van der Waals surface area contributed by atoms with Gasteiger partial charge in [0.25, 0.3) is 0 Å². The van der Waals surface area contributed by atoms with E-state index in [0.717, 1.165) is 6.42 Å². The lowest BCUT2D eigenvalue weighted by Gasteiger charge is -2.08. The maximum absolute atomic E-state index is 12.1. The largest absolute Gasteiger partial charge is 0.484 e. The number of rotatable bonds is 4. The normalized spacial score (nSPS) is 20.9. The summed E-state index contributed by atoms with van der Waals surface area (Å²) in [4.78, 5) is 16.1. The molecule has 3 rings (SSSR count). The highest BCUT2D eigenvalue weighted by Crippen LogP contribution is 2.39. The predicted molar refractivity (Wildman–Crippen MR) is 77.1 cm³/mol. The molecule has 0 aliphatic heterocycles. The van der Waals surface area contributed by atoms with Crippen molar-refractivity contribution in [3.63, 3.8) is 0 Å². The number of alkyl halides is 3. The Morgan fingerprint density at radius 1 is 1.50 bits per heavy atom. The number of carbonyl (C=O) groups is 1. The zero-order chi connectivity index (χ0) is 15.9. The number of halogens is 3. The molecule has 1 amide bonds. The van der Waals surface area contributed by atoms with Crippen LogP contribution in [0.3, 0.4) is 0 Å². The highest BCUT2D eigenvalue weighted by atomic mass is 32.1. The average Bonchev–Trinajstić information content (AvgIpc) is 3.02. The number of anilines is 1. The molecular weight excluding hydrogens is 317 g/mol. The van der Waals surface area contributed by atoms with E-state index in [1.54, 1.807) is 6.07 Å². The van der Waals surface area contributed by atoms with Crippen LogP contribution in [0.25, 0.3) is 10.2 Å². The van der Waals surface area contributed by atoms with E-state index in [1.165, 1.54) is 23.5 Å². The van der Waals surface area contributed by atoms with Crippen molar-refractivity contribution in [2.45, 2.75) is 19.5 Å². The van der Waals surface area contributed by atoms with Gasteiger partial charge in [0.05, 0.1) is 10.2 Å². The first-order valence-corrected chi connectivity index (χ1v) is 7.54. The number of benzene rings is 1. The predicted octanol–water partition coefficient (Wildman–Crippen LogP) is 3.83. The molecule has 0 radical (unpaired) electrons. The molecule has 4 nitrogen and oxygen atoms in total. The van der Waals surface area contributed by atoms with E-state index in [2.05, 4.69) is 10.3 Å². The van der Waals surface area contributed by atoms with Gasteiger partial charge in [0.2, 0.25) is 5.91 Å². The summed E-state index contributed by atoms with van der Waals surface area (Å²) in [6.07, 6.45) is -3.49. The van der Waals surface area contributed by atoms with E-state index in [-0.39, 0.29) is 17.6 Å². The van der Waals surface area contributed by atoms with Crippen molar-refractivity contribution >= 4 is 32.6 Å².